The van der Waals surface area contributed by atoms with Gasteiger partial charge in [0, 0.05) is 0 Å². The maximum absolute atomic E-state index is 12.3. The van der Waals surface area contributed by atoms with E-state index >= 15 is 0 Å². The van der Waals surface area contributed by atoms with Crippen LogP contribution in [-0.2, 0) is 11.3 Å². The van der Waals surface area contributed by atoms with Crippen LogP contribution in [0, 0.1) is 0 Å². The fourth-order valence-electron chi connectivity index (χ4n) is 2.68. The van der Waals surface area contributed by atoms with Crippen LogP contribution in [-0.4, -0.2) is 48.1 Å². The highest BCUT2D eigenvalue weighted by molar-refractivity contribution is 9.10. The third-order valence-electron chi connectivity index (χ3n) is 3.59. The van der Waals surface area contributed by atoms with E-state index in [1.807, 2.05) is 0 Å². The Balaban J connectivity index is 2.12. The molecular weight excluding hydrogens is 320 g/mol. The number of rotatable bonds is 0. The van der Waals surface area contributed by atoms with Crippen LogP contribution in [0.5, 0.6) is 0 Å². The van der Waals surface area contributed by atoms with E-state index in [-0.39, 0.29) is 12.1 Å². The predicted molar refractivity (Wildman–Crippen MR) is 65.4 cm³/mol. The molecule has 0 aromatic carbocycles. The van der Waals surface area contributed by atoms with Crippen LogP contribution < -0.4 is 5.56 Å². The van der Waals surface area contributed by atoms with Crippen LogP contribution in [0.3, 0.4) is 0 Å². The van der Waals surface area contributed by atoms with Crippen molar-refractivity contribution in [1.29, 1.82) is 0 Å². The van der Waals surface area contributed by atoms with Gasteiger partial charge in [0.2, 0.25) is 0 Å². The molecule has 4 rings (SSSR count). The van der Waals surface area contributed by atoms with E-state index in [1.165, 1.54) is 9.25 Å². The average molecular weight is 329 g/mol. The molecule has 2 aliphatic rings. The van der Waals surface area contributed by atoms with Crippen molar-refractivity contribution in [3.63, 3.8) is 0 Å². The predicted octanol–water partition coefficient (Wildman–Crippen LogP) is -1.01. The lowest BCUT2D eigenvalue weighted by atomic mass is 10.1. The number of aliphatic hydroxyl groups is 2. The van der Waals surface area contributed by atoms with E-state index in [2.05, 4.69) is 26.2 Å². The Bertz CT molecular complexity index is 741. The SMILES string of the molecule is O=c1c(Br)cc2nnn3c2n1[C@@H]1O[C@H](C3)[C@@H](O)[C@H]1O. The second-order valence-corrected chi connectivity index (χ2v) is 5.55. The second kappa shape index (κ2) is 3.63. The number of nitrogens with zero attached hydrogens (tertiary/aromatic N) is 4. The first-order valence-corrected chi connectivity index (χ1v) is 6.53. The summed E-state index contributed by atoms with van der Waals surface area (Å²) in [6.07, 6.45) is -3.73. The standard InChI is InChI=1S/C10H9BrN4O4/c11-3-1-4-8-14(13-12-4)2-5-6(16)7(17)10(19-5)15(8)9(3)18/h1,5-7,10,16-17H,2H2/t5-,6-,7-,10-/m1/s1. The summed E-state index contributed by atoms with van der Waals surface area (Å²) < 4.78 is 8.68. The van der Waals surface area contributed by atoms with E-state index in [0.29, 0.717) is 15.6 Å². The van der Waals surface area contributed by atoms with E-state index < -0.39 is 24.5 Å². The number of hydrogen-bond donors (Lipinski definition) is 2. The molecule has 0 radical (unpaired) electrons. The van der Waals surface area contributed by atoms with Gasteiger partial charge in [-0.15, -0.1) is 5.10 Å². The zero-order valence-corrected chi connectivity index (χ0v) is 11.1. The molecule has 0 aliphatic carbocycles. The monoisotopic (exact) mass is 328 g/mol. The molecule has 4 heterocycles. The van der Waals surface area contributed by atoms with Crippen molar-refractivity contribution in [2.24, 2.45) is 0 Å². The molecule has 9 heteroatoms. The Hall–Kier alpha value is -1.29. The van der Waals surface area contributed by atoms with Gasteiger partial charge in [-0.1, -0.05) is 5.21 Å². The minimum Gasteiger partial charge on any atom is -0.387 e. The van der Waals surface area contributed by atoms with Gasteiger partial charge in [0.05, 0.1) is 11.0 Å². The summed E-state index contributed by atoms with van der Waals surface area (Å²) in [5.74, 6) is 0. The summed E-state index contributed by atoms with van der Waals surface area (Å²) in [6, 6.07) is 1.58. The minimum absolute atomic E-state index is 0.242. The number of pyridine rings is 1. The molecule has 100 valence electrons. The Labute approximate surface area is 114 Å². The quantitative estimate of drug-likeness (QED) is 0.642. The van der Waals surface area contributed by atoms with Crippen molar-refractivity contribution in [2.45, 2.75) is 31.1 Å². The van der Waals surface area contributed by atoms with Gasteiger partial charge in [0.1, 0.15) is 23.8 Å². The highest BCUT2D eigenvalue weighted by Crippen LogP contribution is 2.34. The molecule has 0 spiro atoms. The van der Waals surface area contributed by atoms with Crippen LogP contribution in [0.2, 0.25) is 0 Å². The molecule has 0 saturated carbocycles. The topological polar surface area (TPSA) is 102 Å². The van der Waals surface area contributed by atoms with Gasteiger partial charge in [0.25, 0.3) is 5.56 Å². The van der Waals surface area contributed by atoms with Crippen LogP contribution in [0.4, 0.5) is 0 Å². The number of fused-ring (bicyclic) bond motifs is 3. The van der Waals surface area contributed by atoms with Crippen LogP contribution in [0.1, 0.15) is 6.23 Å². The molecule has 2 aliphatic heterocycles. The van der Waals surface area contributed by atoms with Gasteiger partial charge in [-0.2, -0.15) is 0 Å². The van der Waals surface area contributed by atoms with Crippen molar-refractivity contribution in [2.75, 3.05) is 0 Å². The highest BCUT2D eigenvalue weighted by atomic mass is 79.9. The lowest BCUT2D eigenvalue weighted by molar-refractivity contribution is -0.0352. The Morgan fingerprint density at radius 2 is 2.21 bits per heavy atom. The van der Waals surface area contributed by atoms with Gasteiger partial charge in [-0.25, -0.2) is 4.68 Å². The van der Waals surface area contributed by atoms with Gasteiger partial charge in [-0.3, -0.25) is 9.36 Å². The Morgan fingerprint density at radius 3 is 3.00 bits per heavy atom. The molecule has 2 N–H and O–H groups in total. The van der Waals surface area contributed by atoms with Gasteiger partial charge in [0.15, 0.2) is 11.9 Å². The van der Waals surface area contributed by atoms with Crippen molar-refractivity contribution in [3.05, 3.63) is 20.9 Å². The summed E-state index contributed by atoms with van der Waals surface area (Å²) >= 11 is 3.16. The molecule has 8 nitrogen and oxygen atoms in total. The highest BCUT2D eigenvalue weighted by Gasteiger charge is 2.47. The molecule has 4 atom stereocenters. The largest absolute Gasteiger partial charge is 0.387 e. The van der Waals surface area contributed by atoms with Crippen LogP contribution >= 0.6 is 15.9 Å². The third kappa shape index (κ3) is 1.35. The van der Waals surface area contributed by atoms with E-state index in [1.54, 1.807) is 6.07 Å². The summed E-state index contributed by atoms with van der Waals surface area (Å²) in [5.41, 5.74) is 0.672. The maximum Gasteiger partial charge on any atom is 0.268 e. The van der Waals surface area contributed by atoms with E-state index in [0.717, 1.165) is 0 Å². The van der Waals surface area contributed by atoms with Gasteiger partial charge in [-0.05, 0) is 22.0 Å². The van der Waals surface area contributed by atoms with E-state index in [4.69, 9.17) is 4.74 Å². The number of aromatic nitrogens is 4. The Kier molecular flexibility index (Phi) is 2.20. The lowest BCUT2D eigenvalue weighted by Crippen LogP contribution is -2.38. The van der Waals surface area contributed by atoms with Crippen molar-refractivity contribution >= 4 is 27.1 Å². The van der Waals surface area contributed by atoms with Crippen LogP contribution in [0.25, 0.3) is 11.2 Å². The van der Waals surface area contributed by atoms with Crippen molar-refractivity contribution in [3.8, 4) is 0 Å². The average Bonchev–Trinajstić information content (AvgIpc) is 2.82. The second-order valence-electron chi connectivity index (χ2n) is 4.69. The third-order valence-corrected chi connectivity index (χ3v) is 4.16. The molecule has 19 heavy (non-hydrogen) atoms. The summed E-state index contributed by atoms with van der Waals surface area (Å²) in [4.78, 5) is 12.3. The molecular formula is C10H9BrN4O4. The zero-order chi connectivity index (χ0) is 13.3. The fourth-order valence-corrected chi connectivity index (χ4v) is 3.09. The van der Waals surface area contributed by atoms with Crippen molar-refractivity contribution in [1.82, 2.24) is 19.6 Å². The molecule has 2 aromatic rings. The maximum atomic E-state index is 12.3. The molecule has 2 aromatic heterocycles. The molecule has 0 amide bonds. The minimum atomic E-state index is -1.15. The molecule has 1 fully saturated rings. The van der Waals surface area contributed by atoms with E-state index in [9.17, 15) is 15.0 Å². The summed E-state index contributed by atoms with van der Waals surface area (Å²) in [7, 11) is 0. The number of halogens is 1. The molecule has 1 saturated heterocycles. The summed E-state index contributed by atoms with van der Waals surface area (Å²) in [5, 5.41) is 27.9. The lowest BCUT2D eigenvalue weighted by Gasteiger charge is -2.19. The number of hydrogen-bond acceptors (Lipinski definition) is 6. The van der Waals surface area contributed by atoms with Gasteiger partial charge >= 0.3 is 0 Å². The number of aliphatic hydroxyl groups excluding tert-OH is 2. The smallest absolute Gasteiger partial charge is 0.268 e. The van der Waals surface area contributed by atoms with Crippen molar-refractivity contribution < 1.29 is 14.9 Å². The Morgan fingerprint density at radius 1 is 1.42 bits per heavy atom. The first kappa shape index (κ1) is 11.5. The summed E-state index contributed by atoms with van der Waals surface area (Å²) in [6.45, 7) is 0.242. The zero-order valence-electron chi connectivity index (χ0n) is 9.47. The first-order chi connectivity index (χ1) is 9.08. The van der Waals surface area contributed by atoms with Gasteiger partial charge < -0.3 is 14.9 Å². The normalized spacial score (nSPS) is 32.8. The first-order valence-electron chi connectivity index (χ1n) is 5.74. The van der Waals surface area contributed by atoms with Crippen LogP contribution in [0.15, 0.2) is 15.3 Å². The number of ether oxygens (including phenoxy) is 1. The fraction of sp³-hybridized carbons (Fsp3) is 0.500. The molecule has 0 unspecified atom stereocenters. The molecule has 2 bridgehead atoms.